The van der Waals surface area contributed by atoms with Gasteiger partial charge in [-0.25, -0.2) is 13.4 Å². The molecule has 1 N–H and O–H groups in total. The first-order chi connectivity index (χ1) is 12.6. The molecule has 0 aliphatic rings. The second-order valence-corrected chi connectivity index (χ2v) is 8.53. The number of methoxy groups -OCH3 is 1. The molecule has 0 bridgehead atoms. The number of nitrogens with zero attached hydrogens (tertiary/aromatic N) is 1. The zero-order valence-corrected chi connectivity index (χ0v) is 16.7. The Morgan fingerprint density at radius 1 is 1.11 bits per heavy atom. The Morgan fingerprint density at radius 3 is 2.37 bits per heavy atom. The highest BCUT2D eigenvalue weighted by Gasteiger charge is 2.30. The Bertz CT molecular complexity index is 1100. The van der Waals surface area contributed by atoms with E-state index >= 15 is 0 Å². The molecule has 0 unspecified atom stereocenters. The normalized spacial score (nSPS) is 12.2. The first kappa shape index (κ1) is 19.5. The van der Waals surface area contributed by atoms with Crippen LogP contribution < -0.4 is 9.46 Å². The minimum Gasteiger partial charge on any atom is -0.497 e. The molecule has 1 heterocycles. The predicted molar refractivity (Wildman–Crippen MR) is 103 cm³/mol. The third kappa shape index (κ3) is 4.19. The maximum Gasteiger partial charge on any atom is 0.343 e. The number of ether oxygens (including phenoxy) is 1. The third-order valence-corrected chi connectivity index (χ3v) is 5.67. The Balaban J connectivity index is 2.17. The number of hydrogen-bond donors (Lipinski definition) is 1. The summed E-state index contributed by atoms with van der Waals surface area (Å²) in [5, 5.41) is 0.338. The minimum atomic E-state index is -3.98. The van der Waals surface area contributed by atoms with Gasteiger partial charge in [0.1, 0.15) is 11.4 Å². The number of sulfonamides is 1. The number of alkyl halides is 3. The minimum absolute atomic E-state index is 0.0198. The molecule has 2 aromatic carbocycles. The fraction of sp³-hybridized carbons (Fsp3) is 0.167. The highest BCUT2D eigenvalue weighted by atomic mass is 79.9. The number of fused-ring (bicyclic) bond motifs is 1. The predicted octanol–water partition coefficient (Wildman–Crippen LogP) is 4.80. The van der Waals surface area contributed by atoms with Crippen molar-refractivity contribution in [2.24, 2.45) is 0 Å². The molecule has 27 heavy (non-hydrogen) atoms. The van der Waals surface area contributed by atoms with E-state index in [1.54, 1.807) is 18.2 Å². The van der Waals surface area contributed by atoms with Crippen LogP contribution in [-0.2, 0) is 14.9 Å². The maximum absolute atomic E-state index is 13.8. The van der Waals surface area contributed by atoms with Crippen molar-refractivity contribution in [1.29, 1.82) is 0 Å². The lowest BCUT2D eigenvalue weighted by molar-refractivity contribution is 0.110. The molecule has 0 atom stereocenters. The average Bonchev–Trinajstić information content (AvgIpc) is 2.60. The van der Waals surface area contributed by atoms with Crippen molar-refractivity contribution in [2.45, 2.75) is 16.7 Å². The lowest BCUT2D eigenvalue weighted by atomic mass is 10.1. The van der Waals surface area contributed by atoms with Crippen LogP contribution in [0.5, 0.6) is 5.75 Å². The summed E-state index contributed by atoms with van der Waals surface area (Å²) in [4.78, 5) is 0.520. The molecule has 9 heteroatoms. The Morgan fingerprint density at radius 2 is 1.78 bits per heavy atom. The number of anilines is 1. The fourth-order valence-corrected chi connectivity index (χ4v) is 3.76. The summed E-state index contributed by atoms with van der Waals surface area (Å²) in [6.45, 7) is 1.83. The number of aryl methyl sites for hydroxylation is 1. The SMILES string of the molecule is COc1ccc2nc(C(F)(F)Br)cc(NS(=O)(=O)c3ccc(C)cc3)c2c1. The molecule has 0 spiro atoms. The summed E-state index contributed by atoms with van der Waals surface area (Å²) in [5.74, 6) is 0.443. The number of pyridine rings is 1. The Labute approximate surface area is 163 Å². The Hall–Kier alpha value is -2.26. The van der Waals surface area contributed by atoms with Gasteiger partial charge in [0, 0.05) is 5.39 Å². The number of aromatic nitrogens is 1. The molecular formula is C18H15BrF2N2O3S. The van der Waals surface area contributed by atoms with Gasteiger partial charge in [-0.15, -0.1) is 0 Å². The van der Waals surface area contributed by atoms with Gasteiger partial charge in [0.15, 0.2) is 0 Å². The number of benzene rings is 2. The molecular weight excluding hydrogens is 442 g/mol. The first-order valence-corrected chi connectivity index (χ1v) is 10.0. The topological polar surface area (TPSA) is 68.3 Å². The monoisotopic (exact) mass is 456 g/mol. The molecule has 1 aromatic heterocycles. The van der Waals surface area contributed by atoms with Gasteiger partial charge >= 0.3 is 4.83 Å². The summed E-state index contributed by atoms with van der Waals surface area (Å²) in [7, 11) is -2.53. The van der Waals surface area contributed by atoms with E-state index in [1.165, 1.54) is 31.4 Å². The molecule has 0 aliphatic heterocycles. The van der Waals surface area contributed by atoms with E-state index in [1.807, 2.05) is 6.92 Å². The van der Waals surface area contributed by atoms with Gasteiger partial charge in [-0.05, 0) is 59.3 Å². The van der Waals surface area contributed by atoms with Crippen LogP contribution in [0.1, 0.15) is 11.3 Å². The smallest absolute Gasteiger partial charge is 0.343 e. The number of halogens is 3. The van der Waals surface area contributed by atoms with E-state index in [4.69, 9.17) is 4.74 Å². The van der Waals surface area contributed by atoms with Gasteiger partial charge in [-0.1, -0.05) is 17.7 Å². The largest absolute Gasteiger partial charge is 0.497 e. The fourth-order valence-electron chi connectivity index (χ4n) is 2.48. The zero-order chi connectivity index (χ0) is 19.8. The van der Waals surface area contributed by atoms with Crippen molar-refractivity contribution in [3.05, 3.63) is 59.8 Å². The number of nitrogens with one attached hydrogen (secondary N) is 1. The molecule has 142 valence electrons. The van der Waals surface area contributed by atoms with Crippen LogP contribution in [0.3, 0.4) is 0 Å². The third-order valence-electron chi connectivity index (χ3n) is 3.88. The molecule has 0 fully saturated rings. The molecule has 0 saturated heterocycles. The Kier molecular flexibility index (Phi) is 5.09. The van der Waals surface area contributed by atoms with E-state index < -0.39 is 20.5 Å². The van der Waals surface area contributed by atoms with Crippen molar-refractivity contribution in [1.82, 2.24) is 4.98 Å². The van der Waals surface area contributed by atoms with E-state index in [2.05, 4.69) is 25.6 Å². The standard InChI is InChI=1S/C18H15BrF2N2O3S/c1-11-3-6-13(7-4-11)27(24,25)23-16-10-17(18(19,20)21)22-15-8-5-12(26-2)9-14(15)16/h3-10H,1-2H3,(H,22,23). The summed E-state index contributed by atoms with van der Waals surface area (Å²) in [6.07, 6.45) is 0. The quantitative estimate of drug-likeness (QED) is 0.560. The summed E-state index contributed by atoms with van der Waals surface area (Å²) < 4.78 is 60.5. The van der Waals surface area contributed by atoms with Crippen molar-refractivity contribution < 1.29 is 21.9 Å². The van der Waals surface area contributed by atoms with Crippen LogP contribution in [0.2, 0.25) is 0 Å². The van der Waals surface area contributed by atoms with Crippen LogP contribution in [0.25, 0.3) is 10.9 Å². The van der Waals surface area contributed by atoms with Crippen molar-refractivity contribution in [2.75, 3.05) is 11.8 Å². The van der Waals surface area contributed by atoms with Crippen molar-refractivity contribution in [3.63, 3.8) is 0 Å². The zero-order valence-electron chi connectivity index (χ0n) is 14.3. The second-order valence-electron chi connectivity index (χ2n) is 5.85. The lowest BCUT2D eigenvalue weighted by Gasteiger charge is -2.15. The van der Waals surface area contributed by atoms with E-state index in [0.29, 0.717) is 11.1 Å². The molecule has 5 nitrogen and oxygen atoms in total. The van der Waals surface area contributed by atoms with Crippen molar-refractivity contribution >= 4 is 42.5 Å². The van der Waals surface area contributed by atoms with E-state index in [9.17, 15) is 17.2 Å². The van der Waals surface area contributed by atoms with Gasteiger partial charge < -0.3 is 4.74 Å². The van der Waals surface area contributed by atoms with Gasteiger partial charge in [0.2, 0.25) is 0 Å². The maximum atomic E-state index is 13.8. The highest BCUT2D eigenvalue weighted by Crippen LogP contribution is 2.38. The van der Waals surface area contributed by atoms with Crippen LogP contribution in [-0.4, -0.2) is 20.5 Å². The average molecular weight is 457 g/mol. The van der Waals surface area contributed by atoms with Crippen LogP contribution in [0.15, 0.2) is 53.4 Å². The molecule has 0 saturated carbocycles. The highest BCUT2D eigenvalue weighted by molar-refractivity contribution is 9.09. The summed E-state index contributed by atoms with van der Waals surface area (Å²) in [6, 6.07) is 11.8. The van der Waals surface area contributed by atoms with E-state index in [0.717, 1.165) is 11.6 Å². The number of hydrogen-bond acceptors (Lipinski definition) is 4. The second kappa shape index (κ2) is 7.05. The summed E-state index contributed by atoms with van der Waals surface area (Å²) in [5.41, 5.74) is 0.471. The van der Waals surface area contributed by atoms with Gasteiger partial charge in [-0.2, -0.15) is 8.78 Å². The van der Waals surface area contributed by atoms with Crippen LogP contribution >= 0.6 is 15.9 Å². The molecule has 3 rings (SSSR count). The van der Waals surface area contributed by atoms with Crippen LogP contribution in [0.4, 0.5) is 14.5 Å². The van der Waals surface area contributed by atoms with Crippen molar-refractivity contribution in [3.8, 4) is 5.75 Å². The molecule has 0 amide bonds. The molecule has 0 aliphatic carbocycles. The summed E-state index contributed by atoms with van der Waals surface area (Å²) >= 11 is 2.27. The van der Waals surface area contributed by atoms with Crippen LogP contribution in [0, 0.1) is 6.92 Å². The van der Waals surface area contributed by atoms with Gasteiger partial charge in [0.05, 0.1) is 23.2 Å². The van der Waals surface area contributed by atoms with Gasteiger partial charge in [0.25, 0.3) is 10.0 Å². The molecule has 3 aromatic rings. The molecule has 0 radical (unpaired) electrons. The van der Waals surface area contributed by atoms with E-state index in [-0.39, 0.29) is 16.1 Å². The lowest BCUT2D eigenvalue weighted by Crippen LogP contribution is -2.15. The number of rotatable bonds is 5. The van der Waals surface area contributed by atoms with Gasteiger partial charge in [-0.3, -0.25) is 4.72 Å². The first-order valence-electron chi connectivity index (χ1n) is 7.75.